The van der Waals surface area contributed by atoms with E-state index in [9.17, 15) is 5.11 Å². The van der Waals surface area contributed by atoms with Crippen LogP contribution in [-0.2, 0) is 4.74 Å². The lowest BCUT2D eigenvalue weighted by Crippen LogP contribution is -2.28. The summed E-state index contributed by atoms with van der Waals surface area (Å²) in [6.07, 6.45) is 2.80. The summed E-state index contributed by atoms with van der Waals surface area (Å²) in [6.45, 7) is 3.90. The van der Waals surface area contributed by atoms with E-state index in [1.54, 1.807) is 0 Å². The van der Waals surface area contributed by atoms with Gasteiger partial charge in [-0.1, -0.05) is 6.58 Å². The second-order valence-electron chi connectivity index (χ2n) is 3.23. The monoisotopic (exact) mass is 140 g/mol. The van der Waals surface area contributed by atoms with Crippen LogP contribution in [0.1, 0.15) is 19.3 Å². The molecule has 2 nitrogen and oxygen atoms in total. The zero-order valence-electron chi connectivity index (χ0n) is 5.92. The summed E-state index contributed by atoms with van der Waals surface area (Å²) in [7, 11) is 0. The fourth-order valence-corrected chi connectivity index (χ4v) is 1.81. The van der Waals surface area contributed by atoms with Crippen LogP contribution in [0.5, 0.6) is 0 Å². The second-order valence-corrected chi connectivity index (χ2v) is 3.23. The van der Waals surface area contributed by atoms with Crippen molar-refractivity contribution in [3.05, 3.63) is 12.2 Å². The SMILES string of the molecule is C=C1CC2CC(O)CC1O2. The topological polar surface area (TPSA) is 29.5 Å². The van der Waals surface area contributed by atoms with E-state index in [-0.39, 0.29) is 18.3 Å². The number of fused-ring (bicyclic) bond motifs is 2. The van der Waals surface area contributed by atoms with Gasteiger partial charge in [0.1, 0.15) is 0 Å². The van der Waals surface area contributed by atoms with Crippen LogP contribution in [0.4, 0.5) is 0 Å². The Morgan fingerprint density at radius 2 is 2.30 bits per heavy atom. The van der Waals surface area contributed by atoms with E-state index >= 15 is 0 Å². The molecule has 0 saturated carbocycles. The Labute approximate surface area is 60.5 Å². The van der Waals surface area contributed by atoms with E-state index in [2.05, 4.69) is 6.58 Å². The van der Waals surface area contributed by atoms with Gasteiger partial charge < -0.3 is 9.84 Å². The number of rotatable bonds is 0. The average molecular weight is 140 g/mol. The zero-order valence-corrected chi connectivity index (χ0v) is 5.92. The predicted molar refractivity (Wildman–Crippen MR) is 37.7 cm³/mol. The Morgan fingerprint density at radius 1 is 1.50 bits per heavy atom. The number of aliphatic hydroxyl groups is 1. The fraction of sp³-hybridized carbons (Fsp3) is 0.750. The molecular weight excluding hydrogens is 128 g/mol. The van der Waals surface area contributed by atoms with Crippen molar-refractivity contribution in [2.45, 2.75) is 37.6 Å². The Bertz CT molecular complexity index is 165. The summed E-state index contributed by atoms with van der Waals surface area (Å²) in [5, 5.41) is 9.29. The first kappa shape index (κ1) is 6.38. The standard InChI is InChI=1S/C8H12O2/c1-5-2-7-3-6(9)4-8(5)10-7/h6-9H,1-4H2. The highest BCUT2D eigenvalue weighted by Crippen LogP contribution is 2.35. The molecule has 2 aliphatic heterocycles. The number of hydrogen-bond acceptors (Lipinski definition) is 2. The van der Waals surface area contributed by atoms with Crippen molar-refractivity contribution in [2.24, 2.45) is 0 Å². The molecular formula is C8H12O2. The molecule has 2 rings (SSSR count). The third kappa shape index (κ3) is 0.879. The summed E-state index contributed by atoms with van der Waals surface area (Å²) in [5.41, 5.74) is 1.17. The third-order valence-corrected chi connectivity index (χ3v) is 2.32. The average Bonchev–Trinajstić information content (AvgIpc) is 2.07. The van der Waals surface area contributed by atoms with Gasteiger partial charge in [-0.3, -0.25) is 0 Å². The van der Waals surface area contributed by atoms with Crippen LogP contribution in [0.2, 0.25) is 0 Å². The maximum Gasteiger partial charge on any atom is 0.0811 e. The van der Waals surface area contributed by atoms with Crippen LogP contribution in [0.3, 0.4) is 0 Å². The molecule has 2 bridgehead atoms. The van der Waals surface area contributed by atoms with Crippen molar-refractivity contribution in [3.8, 4) is 0 Å². The maximum absolute atomic E-state index is 9.29. The molecule has 0 radical (unpaired) electrons. The largest absolute Gasteiger partial charge is 0.393 e. The normalized spacial score (nSPS) is 46.1. The smallest absolute Gasteiger partial charge is 0.0811 e. The van der Waals surface area contributed by atoms with E-state index in [0.717, 1.165) is 19.3 Å². The first-order valence-corrected chi connectivity index (χ1v) is 3.77. The van der Waals surface area contributed by atoms with E-state index in [1.165, 1.54) is 5.57 Å². The van der Waals surface area contributed by atoms with E-state index in [1.807, 2.05) is 0 Å². The molecule has 3 unspecified atom stereocenters. The molecule has 2 heterocycles. The highest BCUT2D eigenvalue weighted by molar-refractivity contribution is 5.12. The van der Waals surface area contributed by atoms with Gasteiger partial charge in [-0.25, -0.2) is 0 Å². The van der Waals surface area contributed by atoms with Gasteiger partial charge >= 0.3 is 0 Å². The van der Waals surface area contributed by atoms with Crippen LogP contribution >= 0.6 is 0 Å². The highest BCUT2D eigenvalue weighted by atomic mass is 16.5. The molecule has 0 aromatic rings. The molecule has 2 heteroatoms. The highest BCUT2D eigenvalue weighted by Gasteiger charge is 2.36. The Balaban J connectivity index is 2.13. The van der Waals surface area contributed by atoms with Gasteiger partial charge in [0, 0.05) is 6.42 Å². The quantitative estimate of drug-likeness (QED) is 0.505. The van der Waals surface area contributed by atoms with E-state index in [0.29, 0.717) is 0 Å². The fourth-order valence-electron chi connectivity index (χ4n) is 1.81. The Morgan fingerprint density at radius 3 is 3.00 bits per heavy atom. The molecule has 10 heavy (non-hydrogen) atoms. The van der Waals surface area contributed by atoms with Crippen molar-refractivity contribution in [3.63, 3.8) is 0 Å². The van der Waals surface area contributed by atoms with Crippen LogP contribution in [0.25, 0.3) is 0 Å². The van der Waals surface area contributed by atoms with Crippen LogP contribution < -0.4 is 0 Å². The molecule has 1 N–H and O–H groups in total. The van der Waals surface area contributed by atoms with Crippen molar-refractivity contribution in [1.29, 1.82) is 0 Å². The first-order valence-electron chi connectivity index (χ1n) is 3.77. The lowest BCUT2D eigenvalue weighted by molar-refractivity contribution is -0.0465. The van der Waals surface area contributed by atoms with Gasteiger partial charge in [-0.2, -0.15) is 0 Å². The molecule has 3 atom stereocenters. The van der Waals surface area contributed by atoms with Gasteiger partial charge in [-0.15, -0.1) is 0 Å². The summed E-state index contributed by atoms with van der Waals surface area (Å²) >= 11 is 0. The van der Waals surface area contributed by atoms with E-state index < -0.39 is 0 Å². The van der Waals surface area contributed by atoms with Crippen molar-refractivity contribution in [2.75, 3.05) is 0 Å². The molecule has 2 saturated heterocycles. The van der Waals surface area contributed by atoms with Crippen LogP contribution in [-0.4, -0.2) is 23.4 Å². The first-order chi connectivity index (χ1) is 4.75. The lowest BCUT2D eigenvalue weighted by Gasteiger charge is -2.23. The van der Waals surface area contributed by atoms with Gasteiger partial charge in [0.25, 0.3) is 0 Å². The molecule has 56 valence electrons. The van der Waals surface area contributed by atoms with Gasteiger partial charge in [0.2, 0.25) is 0 Å². The van der Waals surface area contributed by atoms with Crippen molar-refractivity contribution >= 4 is 0 Å². The predicted octanol–water partition coefficient (Wildman–Crippen LogP) is 0.855. The summed E-state index contributed by atoms with van der Waals surface area (Å²) in [4.78, 5) is 0. The summed E-state index contributed by atoms with van der Waals surface area (Å²) < 4.78 is 5.52. The molecule has 2 fully saturated rings. The molecule has 2 aliphatic rings. The molecule has 0 amide bonds. The van der Waals surface area contributed by atoms with E-state index in [4.69, 9.17) is 4.74 Å². The van der Waals surface area contributed by atoms with Gasteiger partial charge in [0.15, 0.2) is 0 Å². The second kappa shape index (κ2) is 2.07. The van der Waals surface area contributed by atoms with Crippen molar-refractivity contribution in [1.82, 2.24) is 0 Å². The molecule has 0 aliphatic carbocycles. The molecule has 0 aromatic heterocycles. The number of hydrogen-bond donors (Lipinski definition) is 1. The van der Waals surface area contributed by atoms with Gasteiger partial charge in [0.05, 0.1) is 18.3 Å². The van der Waals surface area contributed by atoms with Crippen molar-refractivity contribution < 1.29 is 9.84 Å². The minimum Gasteiger partial charge on any atom is -0.393 e. The summed E-state index contributed by atoms with van der Waals surface area (Å²) in [6, 6.07) is 0. The summed E-state index contributed by atoms with van der Waals surface area (Å²) in [5.74, 6) is 0. The van der Waals surface area contributed by atoms with Crippen LogP contribution in [0.15, 0.2) is 12.2 Å². The molecule has 0 spiro atoms. The lowest BCUT2D eigenvalue weighted by atomic mass is 10.1. The van der Waals surface area contributed by atoms with Crippen LogP contribution in [0, 0.1) is 0 Å². The number of aliphatic hydroxyl groups excluding tert-OH is 1. The van der Waals surface area contributed by atoms with Gasteiger partial charge in [-0.05, 0) is 18.4 Å². The minimum atomic E-state index is -0.150. The third-order valence-electron chi connectivity index (χ3n) is 2.32. The Hall–Kier alpha value is -0.340. The zero-order chi connectivity index (χ0) is 7.14. The maximum atomic E-state index is 9.29. The molecule has 0 aromatic carbocycles. The number of ether oxygens (including phenoxy) is 1. The minimum absolute atomic E-state index is 0.150. The Kier molecular flexibility index (Phi) is 1.32.